The van der Waals surface area contributed by atoms with Crippen LogP contribution in [0.1, 0.15) is 11.1 Å². The molecule has 0 saturated heterocycles. The first kappa shape index (κ1) is 18.2. The molecule has 0 radical (unpaired) electrons. The molecule has 142 valence electrons. The number of fused-ring (bicyclic) bond motifs is 3. The molecule has 4 aromatic rings. The van der Waals surface area contributed by atoms with E-state index in [1.54, 1.807) is 18.2 Å². The van der Waals surface area contributed by atoms with Crippen LogP contribution < -0.4 is 15.3 Å². The Morgan fingerprint density at radius 1 is 0.667 bits per heavy atom. The van der Waals surface area contributed by atoms with Crippen molar-refractivity contribution in [1.82, 2.24) is 0 Å². The van der Waals surface area contributed by atoms with E-state index in [0.29, 0.717) is 16.8 Å². The molecule has 3 nitrogen and oxygen atoms in total. The summed E-state index contributed by atoms with van der Waals surface area (Å²) in [4.78, 5) is 2.13. The van der Waals surface area contributed by atoms with E-state index in [4.69, 9.17) is 0 Å². The first-order valence-electron chi connectivity index (χ1n) is 9.92. The highest BCUT2D eigenvalue weighted by Crippen LogP contribution is 2.42. The predicted molar refractivity (Wildman–Crippen MR) is 125 cm³/mol. The lowest BCUT2D eigenvalue weighted by molar-refractivity contribution is 1.26. The van der Waals surface area contributed by atoms with Crippen LogP contribution in [0.4, 0.5) is 17.1 Å². The molecule has 0 saturated carbocycles. The Bertz CT molecular complexity index is 1370. The minimum absolute atomic E-state index is 0.504. The van der Waals surface area contributed by atoms with Gasteiger partial charge < -0.3 is 4.90 Å². The Morgan fingerprint density at radius 2 is 1.27 bits per heavy atom. The Kier molecular flexibility index (Phi) is 3.99. The number of hydrogen-bond acceptors (Lipinski definition) is 3. The highest BCUT2D eigenvalue weighted by Gasteiger charge is 2.39. The first-order chi connectivity index (χ1) is 14.6. The number of hydrogen-bond donors (Lipinski definition) is 0. The van der Waals surface area contributed by atoms with Gasteiger partial charge in [-0.2, -0.15) is 10.5 Å². The maximum absolute atomic E-state index is 9.86. The largest absolute Gasteiger partial charge is 0.308 e. The molecule has 4 heteroatoms. The van der Waals surface area contributed by atoms with Crippen molar-refractivity contribution in [2.45, 2.75) is 13.1 Å². The number of para-hydroxylation sites is 2. The van der Waals surface area contributed by atoms with E-state index < -0.39 is 8.07 Å². The van der Waals surface area contributed by atoms with Gasteiger partial charge in [-0.15, -0.1) is 0 Å². The highest BCUT2D eigenvalue weighted by atomic mass is 28.3. The van der Waals surface area contributed by atoms with Gasteiger partial charge in [-0.25, -0.2) is 0 Å². The van der Waals surface area contributed by atoms with Crippen molar-refractivity contribution < 1.29 is 0 Å². The fraction of sp³-hybridized carbons (Fsp3) is 0.0769. The summed E-state index contributed by atoms with van der Waals surface area (Å²) in [5.74, 6) is 0. The Hall–Kier alpha value is -3.86. The lowest BCUT2D eigenvalue weighted by Crippen LogP contribution is -2.58. The lowest BCUT2D eigenvalue weighted by Gasteiger charge is -2.41. The maximum atomic E-state index is 9.86. The van der Waals surface area contributed by atoms with Gasteiger partial charge in [0.25, 0.3) is 0 Å². The minimum atomic E-state index is -1.99. The fourth-order valence-electron chi connectivity index (χ4n) is 4.59. The molecule has 0 amide bonds. The Balaban J connectivity index is 1.95. The van der Waals surface area contributed by atoms with E-state index in [1.807, 2.05) is 12.1 Å². The average molecular weight is 402 g/mol. The van der Waals surface area contributed by atoms with Gasteiger partial charge in [-0.05, 0) is 45.4 Å². The van der Waals surface area contributed by atoms with Gasteiger partial charge in [0.2, 0.25) is 0 Å². The van der Waals surface area contributed by atoms with E-state index in [1.165, 1.54) is 15.8 Å². The molecular formula is C26H19N3Si. The first-order valence-corrected chi connectivity index (χ1v) is 12.9. The Morgan fingerprint density at radius 3 is 1.93 bits per heavy atom. The third kappa shape index (κ3) is 2.48. The third-order valence-electron chi connectivity index (χ3n) is 6.10. The molecule has 0 fully saturated rings. The molecular weight excluding hydrogens is 382 g/mol. The number of anilines is 3. The van der Waals surface area contributed by atoms with Gasteiger partial charge in [-0.3, -0.25) is 0 Å². The van der Waals surface area contributed by atoms with E-state index in [9.17, 15) is 10.5 Å². The van der Waals surface area contributed by atoms with Gasteiger partial charge in [-0.1, -0.05) is 67.7 Å². The van der Waals surface area contributed by atoms with Crippen LogP contribution in [0.25, 0.3) is 10.8 Å². The number of nitrogens with zero attached hydrogens (tertiary/aromatic N) is 3. The van der Waals surface area contributed by atoms with Crippen LogP contribution >= 0.6 is 0 Å². The molecule has 30 heavy (non-hydrogen) atoms. The average Bonchev–Trinajstić information content (AvgIpc) is 2.78. The second-order valence-electron chi connectivity index (χ2n) is 8.12. The molecule has 0 atom stereocenters. The van der Waals surface area contributed by atoms with Crippen molar-refractivity contribution in [1.29, 1.82) is 10.5 Å². The second-order valence-corrected chi connectivity index (χ2v) is 12.4. The SMILES string of the molecule is C[Si]1(C)c2ccccc2N(c2c(C#N)cccc2C#N)c2cc3ccccc3cc21. The third-order valence-corrected chi connectivity index (χ3v) is 9.61. The zero-order chi connectivity index (χ0) is 20.9. The second kappa shape index (κ2) is 6.59. The summed E-state index contributed by atoms with van der Waals surface area (Å²) >= 11 is 0. The molecule has 0 N–H and O–H groups in total. The molecule has 0 bridgehead atoms. The molecule has 1 aliphatic rings. The summed E-state index contributed by atoms with van der Waals surface area (Å²) in [5.41, 5.74) is 3.81. The molecule has 0 spiro atoms. The van der Waals surface area contributed by atoms with Crippen molar-refractivity contribution >= 4 is 46.3 Å². The van der Waals surface area contributed by atoms with Crippen LogP contribution in [0.3, 0.4) is 0 Å². The van der Waals surface area contributed by atoms with Gasteiger partial charge in [0.15, 0.2) is 0 Å². The summed E-state index contributed by atoms with van der Waals surface area (Å²) in [6.45, 7) is 4.75. The number of benzene rings is 4. The normalized spacial score (nSPS) is 13.8. The van der Waals surface area contributed by atoms with E-state index >= 15 is 0 Å². The van der Waals surface area contributed by atoms with Crippen LogP contribution in [0.15, 0.2) is 78.9 Å². The summed E-state index contributed by atoms with van der Waals surface area (Å²) in [5, 5.41) is 24.7. The minimum Gasteiger partial charge on any atom is -0.308 e. The van der Waals surface area contributed by atoms with Crippen LogP contribution in [-0.2, 0) is 0 Å². The smallest absolute Gasteiger partial charge is 0.117 e. The topological polar surface area (TPSA) is 50.8 Å². The molecule has 0 aromatic heterocycles. The van der Waals surface area contributed by atoms with Crippen molar-refractivity contribution in [3.8, 4) is 12.1 Å². The monoisotopic (exact) mass is 401 g/mol. The summed E-state index contributed by atoms with van der Waals surface area (Å²) in [6.07, 6.45) is 0. The van der Waals surface area contributed by atoms with E-state index in [2.05, 4.69) is 78.7 Å². The van der Waals surface area contributed by atoms with Crippen molar-refractivity contribution in [3.05, 3.63) is 90.0 Å². The van der Waals surface area contributed by atoms with Crippen LogP contribution in [-0.4, -0.2) is 8.07 Å². The molecule has 5 rings (SSSR count). The fourth-order valence-corrected chi connectivity index (χ4v) is 7.57. The van der Waals surface area contributed by atoms with Crippen LogP contribution in [0.2, 0.25) is 13.1 Å². The van der Waals surface area contributed by atoms with Crippen molar-refractivity contribution in [3.63, 3.8) is 0 Å². The van der Waals surface area contributed by atoms with E-state index in [0.717, 1.165) is 16.8 Å². The Labute approximate surface area is 177 Å². The van der Waals surface area contributed by atoms with Gasteiger partial charge in [0, 0.05) is 11.4 Å². The molecule has 1 aliphatic heterocycles. The van der Waals surface area contributed by atoms with Gasteiger partial charge >= 0.3 is 0 Å². The summed E-state index contributed by atoms with van der Waals surface area (Å²) in [7, 11) is -1.99. The highest BCUT2D eigenvalue weighted by molar-refractivity contribution is 7.02. The molecule has 1 heterocycles. The molecule has 0 aliphatic carbocycles. The zero-order valence-electron chi connectivity index (χ0n) is 16.8. The predicted octanol–water partition coefficient (Wildman–Crippen LogP) is 5.19. The lowest BCUT2D eigenvalue weighted by atomic mass is 10.0. The zero-order valence-corrected chi connectivity index (χ0v) is 17.8. The summed E-state index contributed by atoms with van der Waals surface area (Å²) < 4.78 is 0. The summed E-state index contributed by atoms with van der Waals surface area (Å²) in [6, 6.07) is 31.3. The number of nitriles is 2. The van der Waals surface area contributed by atoms with Gasteiger partial charge in [0.1, 0.15) is 20.2 Å². The van der Waals surface area contributed by atoms with Crippen LogP contribution in [0, 0.1) is 22.7 Å². The quantitative estimate of drug-likeness (QED) is 0.413. The molecule has 4 aromatic carbocycles. The molecule has 0 unspecified atom stereocenters. The van der Waals surface area contributed by atoms with Crippen LogP contribution in [0.5, 0.6) is 0 Å². The maximum Gasteiger partial charge on any atom is 0.117 e. The number of rotatable bonds is 1. The van der Waals surface area contributed by atoms with Crippen molar-refractivity contribution in [2.75, 3.05) is 4.90 Å². The van der Waals surface area contributed by atoms with Gasteiger partial charge in [0.05, 0.1) is 16.8 Å². The van der Waals surface area contributed by atoms with E-state index in [-0.39, 0.29) is 0 Å². The van der Waals surface area contributed by atoms with Crippen molar-refractivity contribution in [2.24, 2.45) is 0 Å². The standard InChI is InChI=1S/C26H19N3Si/c1-30(2)24-13-6-5-12-22(24)29(26-20(16-27)10-7-11-21(26)17-28)23-14-18-8-3-4-9-19(18)15-25(23)30/h3-15H,1-2H3.